The molecule has 0 amide bonds. The van der Waals surface area contributed by atoms with E-state index in [1.807, 2.05) is 0 Å². The number of hydrogen-bond acceptors (Lipinski definition) is 4. The summed E-state index contributed by atoms with van der Waals surface area (Å²) >= 11 is 0. The van der Waals surface area contributed by atoms with E-state index < -0.39 is 30.6 Å². The first-order valence-electron chi connectivity index (χ1n) is 7.12. The molecule has 0 aliphatic heterocycles. The molecule has 0 unspecified atom stereocenters. The Morgan fingerprint density at radius 3 is 2.07 bits per heavy atom. The van der Waals surface area contributed by atoms with Gasteiger partial charge in [-0.2, -0.15) is 22.3 Å². The maximum absolute atomic E-state index is 13.1. The van der Waals surface area contributed by atoms with Crippen LogP contribution in [-0.4, -0.2) is 18.1 Å². The van der Waals surface area contributed by atoms with Crippen molar-refractivity contribution in [3.05, 3.63) is 86.3 Å². The van der Waals surface area contributed by atoms with Gasteiger partial charge in [0.25, 0.3) is 11.6 Å². The molecule has 0 aliphatic carbocycles. The van der Waals surface area contributed by atoms with Crippen LogP contribution >= 0.6 is 0 Å². The number of azide groups is 2. The Bertz CT molecular complexity index is 836. The molecule has 0 saturated carbocycles. The minimum absolute atomic E-state index is 0.0485. The van der Waals surface area contributed by atoms with Gasteiger partial charge in [-0.25, -0.2) is 0 Å². The Morgan fingerprint density at radius 2 is 1.56 bits per heavy atom. The first-order valence-corrected chi connectivity index (χ1v) is 7.12. The lowest BCUT2D eigenvalue weighted by molar-refractivity contribution is -0.624. The molecule has 2 rings (SSSR count). The van der Waals surface area contributed by atoms with E-state index in [1.165, 1.54) is 36.5 Å². The number of rotatable bonds is 6. The van der Waals surface area contributed by atoms with E-state index in [2.05, 4.69) is 25.0 Å². The molecule has 9 nitrogen and oxygen atoms in total. The Labute approximate surface area is 149 Å². The molecule has 0 aliphatic rings. The number of hydrogen-bond donors (Lipinski definition) is 0. The Hall–Kier alpha value is -3.56. The van der Waals surface area contributed by atoms with Gasteiger partial charge in [-0.3, -0.25) is 4.98 Å². The normalized spacial score (nSPS) is 10.7. The highest BCUT2D eigenvalue weighted by atomic mass is 19.3. The van der Waals surface area contributed by atoms with Crippen molar-refractivity contribution in [3.8, 4) is 0 Å². The Kier molecular flexibility index (Phi) is 7.80. The molecule has 142 valence electrons. The molecule has 0 N–H and O–H groups in total. The summed E-state index contributed by atoms with van der Waals surface area (Å²) in [6.45, 7) is -1.96. The van der Waals surface area contributed by atoms with Gasteiger partial charge >= 0.3 is 5.92 Å². The molecule has 0 spiro atoms. The van der Waals surface area contributed by atoms with Crippen molar-refractivity contribution in [3.63, 3.8) is 0 Å². The van der Waals surface area contributed by atoms with Gasteiger partial charge in [0.1, 0.15) is 12.2 Å². The van der Waals surface area contributed by atoms with Crippen molar-refractivity contribution in [2.24, 2.45) is 10.2 Å². The Morgan fingerprint density at radius 1 is 0.963 bits per heavy atom. The van der Waals surface area contributed by atoms with Gasteiger partial charge in [-0.05, 0) is 29.3 Å². The number of pyridine rings is 2. The van der Waals surface area contributed by atoms with E-state index in [1.54, 1.807) is 0 Å². The topological polar surface area (TPSA) is 137 Å². The second-order valence-electron chi connectivity index (χ2n) is 4.81. The van der Waals surface area contributed by atoms with Crippen molar-refractivity contribution < 1.29 is 22.3 Å². The van der Waals surface area contributed by atoms with Gasteiger partial charge < -0.3 is 5.21 Å². The largest absolute Gasteiger partial charge is 0.618 e. The van der Waals surface area contributed by atoms with Gasteiger partial charge in [0, 0.05) is 28.2 Å². The highest BCUT2D eigenvalue weighted by molar-refractivity contribution is 5.10. The summed E-state index contributed by atoms with van der Waals surface area (Å²) in [6, 6.07) is 7.81. The fourth-order valence-electron chi connectivity index (χ4n) is 1.69. The zero-order chi connectivity index (χ0) is 20.3. The van der Waals surface area contributed by atoms with E-state index in [0.717, 1.165) is 12.3 Å². The number of halogens is 4. The zero-order valence-corrected chi connectivity index (χ0v) is 13.5. The van der Waals surface area contributed by atoms with E-state index in [9.17, 15) is 22.8 Å². The van der Waals surface area contributed by atoms with Gasteiger partial charge in [0.2, 0.25) is 0 Å². The molecule has 2 aromatic rings. The third-order valence-electron chi connectivity index (χ3n) is 2.90. The third kappa shape index (κ3) is 6.69. The van der Waals surface area contributed by atoms with Gasteiger partial charge in [0.15, 0.2) is 6.20 Å². The van der Waals surface area contributed by atoms with Gasteiger partial charge in [-0.15, -0.1) is 0 Å². The molecular formula is C14H12F4N8O. The zero-order valence-electron chi connectivity index (χ0n) is 13.5. The van der Waals surface area contributed by atoms with Crippen LogP contribution in [0.25, 0.3) is 20.9 Å². The van der Waals surface area contributed by atoms with Crippen molar-refractivity contribution in [1.29, 1.82) is 0 Å². The quantitative estimate of drug-likeness (QED) is 0.184. The van der Waals surface area contributed by atoms with Crippen LogP contribution in [0.1, 0.15) is 11.4 Å². The van der Waals surface area contributed by atoms with Crippen LogP contribution in [-0.2, 0) is 11.8 Å². The molecule has 0 bridgehead atoms. The highest BCUT2D eigenvalue weighted by Crippen LogP contribution is 2.26. The van der Waals surface area contributed by atoms with Crippen LogP contribution in [0.15, 0.2) is 59.0 Å². The first kappa shape index (κ1) is 21.5. The summed E-state index contributed by atoms with van der Waals surface area (Å²) in [5.41, 5.74) is 14.7. The average Bonchev–Trinajstić information content (AvgIpc) is 2.66. The van der Waals surface area contributed by atoms with E-state index >= 15 is 0 Å². The van der Waals surface area contributed by atoms with Crippen LogP contribution < -0.4 is 4.73 Å². The molecule has 0 fully saturated rings. The molecule has 0 aromatic carbocycles. The molecule has 2 aromatic heterocycles. The predicted molar refractivity (Wildman–Crippen MR) is 85.5 cm³/mol. The molecular weight excluding hydrogens is 372 g/mol. The average molecular weight is 384 g/mol. The second kappa shape index (κ2) is 9.80. The van der Waals surface area contributed by atoms with Crippen LogP contribution in [0.3, 0.4) is 0 Å². The van der Waals surface area contributed by atoms with Crippen molar-refractivity contribution in [1.82, 2.24) is 4.98 Å². The fourth-order valence-corrected chi connectivity index (χ4v) is 1.69. The van der Waals surface area contributed by atoms with E-state index in [4.69, 9.17) is 11.1 Å². The minimum Gasteiger partial charge on any atom is -0.618 e. The maximum atomic E-state index is 13.1. The first-order chi connectivity index (χ1) is 12.7. The monoisotopic (exact) mass is 384 g/mol. The molecule has 0 radical (unpaired) electrons. The summed E-state index contributed by atoms with van der Waals surface area (Å²) in [5.74, 6) is -6.62. The van der Waals surface area contributed by atoms with E-state index in [-0.39, 0.29) is 10.4 Å². The summed E-state index contributed by atoms with van der Waals surface area (Å²) in [4.78, 5) is 7.94. The summed E-state index contributed by atoms with van der Waals surface area (Å²) in [6.07, 6.45) is 2.22. The highest BCUT2D eigenvalue weighted by Gasteiger charge is 2.38. The fraction of sp³-hybridized carbons (Fsp3) is 0.286. The van der Waals surface area contributed by atoms with Crippen molar-refractivity contribution in [2.45, 2.75) is 11.8 Å². The number of nitrogens with zero attached hydrogens (tertiary/aromatic N) is 8. The summed E-state index contributed by atoms with van der Waals surface area (Å²) in [5, 5.41) is 16.5. The summed E-state index contributed by atoms with van der Waals surface area (Å²) in [7, 11) is 0. The molecule has 0 saturated heterocycles. The summed E-state index contributed by atoms with van der Waals surface area (Å²) < 4.78 is 52.3. The van der Waals surface area contributed by atoms with Crippen LogP contribution in [0.2, 0.25) is 0 Å². The molecule has 27 heavy (non-hydrogen) atoms. The van der Waals surface area contributed by atoms with Crippen molar-refractivity contribution >= 4 is 0 Å². The molecule has 0 atom stereocenters. The number of aromatic nitrogens is 2. The van der Waals surface area contributed by atoms with Crippen molar-refractivity contribution in [2.75, 3.05) is 13.1 Å². The van der Waals surface area contributed by atoms with Crippen LogP contribution in [0.4, 0.5) is 17.6 Å². The van der Waals surface area contributed by atoms with Gasteiger partial charge in [-0.1, -0.05) is 16.3 Å². The second-order valence-corrected chi connectivity index (χ2v) is 4.81. The molecule has 2 heterocycles. The van der Waals surface area contributed by atoms with Gasteiger partial charge in [0.05, 0.1) is 6.54 Å². The Balaban J connectivity index is 0.000000271. The molecule has 13 heteroatoms. The predicted octanol–water partition coefficient (Wildman–Crippen LogP) is 4.21. The third-order valence-corrected chi connectivity index (χ3v) is 2.90. The lowest BCUT2D eigenvalue weighted by atomic mass is 10.2. The standard InChI is InChI=1S/C7H6F2N4O.C7H6F2N4/c8-7(9,5-11-12-10)6-3-1-2-4-13(6)14;8-7(9,5-12-13-10)6-3-1-2-4-11-6/h1-4H,5H2;1-4H,5H2. The SMILES string of the molecule is [N-]=[N+]=NCC(F)(F)c1cccc[n+]1[O-].[N-]=[N+]=NCC(F)(F)c1ccccn1. The maximum Gasteiger partial charge on any atom is 0.336 e. The minimum atomic E-state index is -3.44. The van der Waals surface area contributed by atoms with Crippen LogP contribution in [0.5, 0.6) is 0 Å². The number of alkyl halides is 4. The lowest BCUT2D eigenvalue weighted by Crippen LogP contribution is -2.38. The smallest absolute Gasteiger partial charge is 0.336 e. The van der Waals surface area contributed by atoms with E-state index in [0.29, 0.717) is 0 Å². The van der Waals surface area contributed by atoms with Crippen LogP contribution in [0, 0.1) is 5.21 Å². The lowest BCUT2D eigenvalue weighted by Gasteiger charge is -2.12.